The largest absolute Gasteiger partial charge is 0.449 e. The number of rotatable bonds is 1. The fourth-order valence-electron chi connectivity index (χ4n) is 1.28. The van der Waals surface area contributed by atoms with Crippen molar-refractivity contribution in [1.29, 1.82) is 0 Å². The molecule has 92 valence electrons. The quantitative estimate of drug-likeness (QED) is 0.751. The van der Waals surface area contributed by atoms with Crippen LogP contribution in [0.25, 0.3) is 10.3 Å². The number of nitrogens with zero attached hydrogens (tertiary/aromatic N) is 3. The molecule has 4 nitrogen and oxygen atoms in total. The zero-order valence-corrected chi connectivity index (χ0v) is 10.3. The molecule has 9 heteroatoms. The Bertz CT molecular complexity index is 631. The van der Waals surface area contributed by atoms with Gasteiger partial charge in [0.1, 0.15) is 0 Å². The molecule has 17 heavy (non-hydrogen) atoms. The summed E-state index contributed by atoms with van der Waals surface area (Å²) in [5.74, 6) is -1.20. The summed E-state index contributed by atoms with van der Waals surface area (Å²) in [5, 5.41) is 0. The van der Waals surface area contributed by atoms with E-state index in [9.17, 15) is 18.0 Å². The first-order valence-corrected chi connectivity index (χ1v) is 6.37. The van der Waals surface area contributed by atoms with Crippen molar-refractivity contribution in [3.8, 4) is 0 Å². The van der Waals surface area contributed by atoms with Gasteiger partial charge in [-0.15, -0.1) is 0 Å². The van der Waals surface area contributed by atoms with Crippen LogP contribution in [0.15, 0.2) is 9.13 Å². The highest BCUT2D eigenvalue weighted by Gasteiger charge is 2.36. The summed E-state index contributed by atoms with van der Waals surface area (Å²) in [5.41, 5.74) is -0.797. The van der Waals surface area contributed by atoms with Crippen molar-refractivity contribution in [1.82, 2.24) is 14.5 Å². The Hall–Kier alpha value is -1.09. The summed E-state index contributed by atoms with van der Waals surface area (Å²) in [6.45, 7) is 0. The number of aromatic nitrogens is 3. The average molecular weight is 281 g/mol. The van der Waals surface area contributed by atoms with Crippen LogP contribution in [0.1, 0.15) is 5.82 Å². The highest BCUT2D eigenvalue weighted by Crippen LogP contribution is 2.30. The van der Waals surface area contributed by atoms with Crippen molar-refractivity contribution < 1.29 is 13.2 Å². The normalized spacial score (nSPS) is 12.3. The van der Waals surface area contributed by atoms with Crippen LogP contribution in [-0.2, 0) is 13.2 Å². The summed E-state index contributed by atoms with van der Waals surface area (Å²) in [4.78, 5) is 19.1. The molecular formula is C8H6F3N3OS2. The van der Waals surface area contributed by atoms with Crippen molar-refractivity contribution in [2.24, 2.45) is 7.05 Å². The maximum Gasteiger partial charge on any atom is 0.449 e. The van der Waals surface area contributed by atoms with Crippen LogP contribution in [0.3, 0.4) is 0 Å². The fraction of sp³-hybridized carbons (Fsp3) is 0.375. The predicted molar refractivity (Wildman–Crippen MR) is 59.4 cm³/mol. The number of halogens is 3. The van der Waals surface area contributed by atoms with Gasteiger partial charge >= 0.3 is 6.18 Å². The van der Waals surface area contributed by atoms with Crippen LogP contribution < -0.4 is 5.56 Å². The Labute approximate surface area is 101 Å². The lowest BCUT2D eigenvalue weighted by molar-refractivity contribution is -0.147. The summed E-state index contributed by atoms with van der Waals surface area (Å²) in [7, 11) is 1.04. The van der Waals surface area contributed by atoms with Gasteiger partial charge in [-0.3, -0.25) is 9.36 Å². The van der Waals surface area contributed by atoms with Crippen LogP contribution in [0.2, 0.25) is 0 Å². The van der Waals surface area contributed by atoms with Crippen LogP contribution >= 0.6 is 23.1 Å². The molecule has 2 rings (SSSR count). The number of fused-ring (bicyclic) bond motifs is 1. The van der Waals surface area contributed by atoms with Crippen molar-refractivity contribution in [2.75, 3.05) is 6.26 Å². The molecule has 0 radical (unpaired) electrons. The summed E-state index contributed by atoms with van der Waals surface area (Å²) in [6, 6.07) is 0. The SMILES string of the molecule is CSc1nc2c(=O)n(C)c(C(F)(F)F)nc2s1. The minimum absolute atomic E-state index is 0.0183. The number of hydrogen-bond donors (Lipinski definition) is 0. The molecule has 0 aromatic carbocycles. The summed E-state index contributed by atoms with van der Waals surface area (Å²) >= 11 is 2.24. The van der Waals surface area contributed by atoms with Gasteiger partial charge in [-0.2, -0.15) is 13.2 Å². The number of thiazole rings is 1. The van der Waals surface area contributed by atoms with E-state index in [2.05, 4.69) is 9.97 Å². The Morgan fingerprint density at radius 3 is 2.53 bits per heavy atom. The van der Waals surface area contributed by atoms with E-state index in [4.69, 9.17) is 0 Å². The third kappa shape index (κ3) is 2.04. The summed E-state index contributed by atoms with van der Waals surface area (Å²) < 4.78 is 38.8. The molecule has 2 aromatic rings. The first kappa shape index (κ1) is 12.4. The third-order valence-electron chi connectivity index (χ3n) is 2.05. The lowest BCUT2D eigenvalue weighted by Gasteiger charge is -2.09. The topological polar surface area (TPSA) is 47.8 Å². The molecule has 0 aliphatic carbocycles. The molecule has 0 unspecified atom stereocenters. The molecule has 0 saturated heterocycles. The molecule has 2 aromatic heterocycles. The molecule has 0 N–H and O–H groups in total. The van der Waals surface area contributed by atoms with Gasteiger partial charge < -0.3 is 0 Å². The van der Waals surface area contributed by atoms with Gasteiger partial charge in [-0.05, 0) is 6.26 Å². The predicted octanol–water partition coefficient (Wildman–Crippen LogP) is 2.13. The second-order valence-electron chi connectivity index (χ2n) is 3.13. The van der Waals surface area contributed by atoms with E-state index in [1.807, 2.05) is 0 Å². The number of hydrogen-bond acceptors (Lipinski definition) is 5. The van der Waals surface area contributed by atoms with E-state index in [-0.39, 0.29) is 10.3 Å². The lowest BCUT2D eigenvalue weighted by Crippen LogP contribution is -2.27. The van der Waals surface area contributed by atoms with Crippen molar-refractivity contribution in [3.05, 3.63) is 16.2 Å². The number of thioether (sulfide) groups is 1. The van der Waals surface area contributed by atoms with E-state index in [1.165, 1.54) is 11.8 Å². The minimum atomic E-state index is -4.65. The molecule has 0 aliphatic heterocycles. The van der Waals surface area contributed by atoms with Gasteiger partial charge in [-0.25, -0.2) is 9.97 Å². The van der Waals surface area contributed by atoms with Gasteiger partial charge in [-0.1, -0.05) is 23.1 Å². The van der Waals surface area contributed by atoms with Gasteiger partial charge in [0.15, 0.2) is 14.7 Å². The molecule has 0 saturated carbocycles. The van der Waals surface area contributed by atoms with Crippen molar-refractivity contribution >= 4 is 33.4 Å². The molecule has 0 bridgehead atoms. The smallest absolute Gasteiger partial charge is 0.290 e. The van der Waals surface area contributed by atoms with E-state index in [1.54, 1.807) is 6.26 Å². The Morgan fingerprint density at radius 1 is 1.35 bits per heavy atom. The van der Waals surface area contributed by atoms with Gasteiger partial charge in [0.25, 0.3) is 5.56 Å². The van der Waals surface area contributed by atoms with E-state index in [0.29, 0.717) is 8.91 Å². The zero-order chi connectivity index (χ0) is 12.8. The van der Waals surface area contributed by atoms with Crippen molar-refractivity contribution in [2.45, 2.75) is 10.5 Å². The molecule has 0 spiro atoms. The van der Waals surface area contributed by atoms with E-state index in [0.717, 1.165) is 18.4 Å². The molecule has 0 amide bonds. The van der Waals surface area contributed by atoms with Crippen molar-refractivity contribution in [3.63, 3.8) is 0 Å². The molecule has 0 aliphatic rings. The Kier molecular flexibility index (Phi) is 2.90. The standard InChI is InChI=1S/C8H6F3N3OS2/c1-14-5(15)3-4(17-7(12-3)16-2)13-6(14)8(9,10)11/h1-2H3. The highest BCUT2D eigenvalue weighted by molar-refractivity contribution is 8.00. The molecule has 0 fully saturated rings. The average Bonchev–Trinajstić information content (AvgIpc) is 2.65. The molecular weight excluding hydrogens is 275 g/mol. The van der Waals surface area contributed by atoms with Crippen LogP contribution in [0.4, 0.5) is 13.2 Å². The fourth-order valence-corrected chi connectivity index (χ4v) is 2.69. The Balaban J connectivity index is 2.82. The van der Waals surface area contributed by atoms with E-state index >= 15 is 0 Å². The third-order valence-corrected chi connectivity index (χ3v) is 3.98. The second-order valence-corrected chi connectivity index (χ2v) is 5.17. The van der Waals surface area contributed by atoms with Crippen LogP contribution in [0.5, 0.6) is 0 Å². The first-order chi connectivity index (χ1) is 7.84. The maximum atomic E-state index is 12.6. The monoisotopic (exact) mass is 281 g/mol. The molecule has 2 heterocycles. The molecule has 0 atom stereocenters. The first-order valence-electron chi connectivity index (χ1n) is 4.33. The maximum absolute atomic E-state index is 12.6. The van der Waals surface area contributed by atoms with Gasteiger partial charge in [0.2, 0.25) is 5.82 Å². The van der Waals surface area contributed by atoms with E-state index < -0.39 is 17.6 Å². The zero-order valence-electron chi connectivity index (χ0n) is 8.70. The second kappa shape index (κ2) is 3.98. The summed E-state index contributed by atoms with van der Waals surface area (Å²) in [6.07, 6.45) is -2.92. The van der Waals surface area contributed by atoms with Crippen LogP contribution in [-0.4, -0.2) is 20.8 Å². The highest BCUT2D eigenvalue weighted by atomic mass is 32.2. The van der Waals surface area contributed by atoms with Crippen LogP contribution in [0, 0.1) is 0 Å². The van der Waals surface area contributed by atoms with Gasteiger partial charge in [0, 0.05) is 7.05 Å². The minimum Gasteiger partial charge on any atom is -0.290 e. The van der Waals surface area contributed by atoms with Gasteiger partial charge in [0.05, 0.1) is 0 Å². The Morgan fingerprint density at radius 2 is 2.00 bits per heavy atom. The lowest BCUT2D eigenvalue weighted by atomic mass is 10.5. The number of alkyl halides is 3.